The summed E-state index contributed by atoms with van der Waals surface area (Å²) in [6.45, 7) is 2.55. The Morgan fingerprint density at radius 3 is 2.70 bits per heavy atom. The molecule has 0 spiro atoms. The van der Waals surface area contributed by atoms with Crippen LogP contribution in [0.2, 0.25) is 0 Å². The van der Waals surface area contributed by atoms with Crippen molar-refractivity contribution in [3.05, 3.63) is 39.7 Å². The van der Waals surface area contributed by atoms with Crippen molar-refractivity contribution < 1.29 is 14.1 Å². The normalized spacial score (nSPS) is 16.9. The summed E-state index contributed by atoms with van der Waals surface area (Å²) in [5.74, 6) is -1.34. The highest BCUT2D eigenvalue weighted by atomic mass is 19.1. The maximum Gasteiger partial charge on any atom is 0.270 e. The average Bonchev–Trinajstić information content (AvgIpc) is 2.84. The minimum absolute atomic E-state index is 0.0485. The highest BCUT2D eigenvalue weighted by molar-refractivity contribution is 5.95. The van der Waals surface area contributed by atoms with Crippen LogP contribution in [-0.4, -0.2) is 17.4 Å². The van der Waals surface area contributed by atoms with E-state index in [2.05, 4.69) is 12.2 Å². The molecule has 0 bridgehead atoms. The quantitative estimate of drug-likeness (QED) is 0.680. The van der Waals surface area contributed by atoms with Crippen LogP contribution in [-0.2, 0) is 0 Å². The van der Waals surface area contributed by atoms with Gasteiger partial charge in [0, 0.05) is 18.7 Å². The number of rotatable bonds is 4. The first-order valence-corrected chi connectivity index (χ1v) is 6.63. The maximum atomic E-state index is 13.6. The molecule has 1 fully saturated rings. The van der Waals surface area contributed by atoms with E-state index in [1.165, 1.54) is 0 Å². The molecule has 1 aliphatic rings. The standard InChI is InChI=1S/C14H17FN2O3/c1-14(6-2-3-7-14)9-16-13(18)11-8-10(17(19)20)4-5-12(11)15/h4-5,8H,2-3,6-7,9H2,1H3,(H,16,18). The number of hydrogen-bond donors (Lipinski definition) is 1. The molecular weight excluding hydrogens is 263 g/mol. The number of non-ortho nitro benzene ring substituents is 1. The summed E-state index contributed by atoms with van der Waals surface area (Å²) in [6.07, 6.45) is 4.34. The molecule has 0 aromatic heterocycles. The Kier molecular flexibility index (Phi) is 4.01. The molecule has 1 aromatic rings. The number of carbonyl (C=O) groups excluding carboxylic acids is 1. The molecule has 1 saturated carbocycles. The number of hydrogen-bond acceptors (Lipinski definition) is 3. The van der Waals surface area contributed by atoms with E-state index < -0.39 is 16.6 Å². The monoisotopic (exact) mass is 280 g/mol. The average molecular weight is 280 g/mol. The van der Waals surface area contributed by atoms with Crippen molar-refractivity contribution in [1.82, 2.24) is 5.32 Å². The fourth-order valence-corrected chi connectivity index (χ4v) is 2.60. The summed E-state index contributed by atoms with van der Waals surface area (Å²) in [5, 5.41) is 13.3. The first-order chi connectivity index (χ1) is 9.41. The predicted octanol–water partition coefficient (Wildman–Crippen LogP) is 3.04. The number of nitrogens with one attached hydrogen (secondary N) is 1. The van der Waals surface area contributed by atoms with Crippen LogP contribution in [0.15, 0.2) is 18.2 Å². The van der Waals surface area contributed by atoms with E-state index >= 15 is 0 Å². The van der Waals surface area contributed by atoms with Gasteiger partial charge in [0.25, 0.3) is 11.6 Å². The van der Waals surface area contributed by atoms with Crippen LogP contribution in [0.1, 0.15) is 43.0 Å². The van der Waals surface area contributed by atoms with Crippen LogP contribution in [0.5, 0.6) is 0 Å². The van der Waals surface area contributed by atoms with Gasteiger partial charge in [-0.1, -0.05) is 19.8 Å². The molecule has 0 saturated heterocycles. The van der Waals surface area contributed by atoms with E-state index in [0.717, 1.165) is 43.9 Å². The van der Waals surface area contributed by atoms with E-state index in [1.54, 1.807) is 0 Å². The van der Waals surface area contributed by atoms with E-state index in [-0.39, 0.29) is 16.7 Å². The van der Waals surface area contributed by atoms with Crippen molar-refractivity contribution >= 4 is 11.6 Å². The Morgan fingerprint density at radius 2 is 2.10 bits per heavy atom. The maximum absolute atomic E-state index is 13.6. The van der Waals surface area contributed by atoms with Gasteiger partial charge in [-0.25, -0.2) is 4.39 Å². The lowest BCUT2D eigenvalue weighted by Crippen LogP contribution is -2.34. The van der Waals surface area contributed by atoms with Crippen molar-refractivity contribution in [2.45, 2.75) is 32.6 Å². The fourth-order valence-electron chi connectivity index (χ4n) is 2.60. The SMILES string of the molecule is CC1(CNC(=O)c2cc([N+](=O)[O-])ccc2F)CCCC1. The van der Waals surface area contributed by atoms with Crippen LogP contribution in [0, 0.1) is 21.3 Å². The van der Waals surface area contributed by atoms with Crippen LogP contribution >= 0.6 is 0 Å². The molecule has 0 unspecified atom stereocenters. The zero-order valence-corrected chi connectivity index (χ0v) is 11.3. The molecule has 2 rings (SSSR count). The van der Waals surface area contributed by atoms with E-state index in [9.17, 15) is 19.3 Å². The molecule has 0 atom stereocenters. The second-order valence-electron chi connectivity index (χ2n) is 5.62. The van der Waals surface area contributed by atoms with Crippen molar-refractivity contribution in [3.8, 4) is 0 Å². The van der Waals surface area contributed by atoms with Crippen molar-refractivity contribution in [3.63, 3.8) is 0 Å². The highest BCUT2D eigenvalue weighted by Gasteiger charge is 2.29. The summed E-state index contributed by atoms with van der Waals surface area (Å²) < 4.78 is 13.6. The molecule has 0 radical (unpaired) electrons. The minimum atomic E-state index is -0.746. The van der Waals surface area contributed by atoms with Crippen molar-refractivity contribution in [2.75, 3.05) is 6.54 Å². The van der Waals surface area contributed by atoms with Crippen LogP contribution in [0.4, 0.5) is 10.1 Å². The number of nitrogens with zero attached hydrogens (tertiary/aromatic N) is 1. The third kappa shape index (κ3) is 3.12. The van der Waals surface area contributed by atoms with Crippen LogP contribution < -0.4 is 5.32 Å². The first-order valence-electron chi connectivity index (χ1n) is 6.63. The van der Waals surface area contributed by atoms with E-state index in [1.807, 2.05) is 0 Å². The summed E-state index contributed by atoms with van der Waals surface area (Å²) in [7, 11) is 0. The molecule has 0 heterocycles. The number of carbonyl (C=O) groups is 1. The van der Waals surface area contributed by atoms with Gasteiger partial charge in [0.05, 0.1) is 10.5 Å². The Bertz CT molecular complexity index is 539. The Morgan fingerprint density at radius 1 is 1.45 bits per heavy atom. The Hall–Kier alpha value is -1.98. The third-order valence-electron chi connectivity index (χ3n) is 3.89. The lowest BCUT2D eigenvalue weighted by Gasteiger charge is -2.23. The molecule has 1 N–H and O–H groups in total. The Labute approximate surface area is 116 Å². The predicted molar refractivity (Wildman–Crippen MR) is 72.0 cm³/mol. The van der Waals surface area contributed by atoms with Gasteiger partial charge in [-0.2, -0.15) is 0 Å². The van der Waals surface area contributed by atoms with Gasteiger partial charge in [-0.3, -0.25) is 14.9 Å². The number of nitro benzene ring substituents is 1. The molecule has 0 aliphatic heterocycles. The molecule has 20 heavy (non-hydrogen) atoms. The van der Waals surface area contributed by atoms with Gasteiger partial charge >= 0.3 is 0 Å². The van der Waals surface area contributed by atoms with Gasteiger partial charge in [0.1, 0.15) is 5.82 Å². The number of amides is 1. The van der Waals surface area contributed by atoms with E-state index in [0.29, 0.717) is 6.54 Å². The lowest BCUT2D eigenvalue weighted by molar-refractivity contribution is -0.384. The summed E-state index contributed by atoms with van der Waals surface area (Å²) in [4.78, 5) is 22.0. The third-order valence-corrected chi connectivity index (χ3v) is 3.89. The smallest absolute Gasteiger partial charge is 0.270 e. The zero-order chi connectivity index (χ0) is 14.8. The Balaban J connectivity index is 2.08. The molecule has 1 aromatic carbocycles. The second-order valence-corrected chi connectivity index (χ2v) is 5.62. The molecule has 5 nitrogen and oxygen atoms in total. The first kappa shape index (κ1) is 14.4. The molecule has 1 amide bonds. The van der Waals surface area contributed by atoms with E-state index in [4.69, 9.17) is 0 Å². The number of benzene rings is 1. The highest BCUT2D eigenvalue weighted by Crippen LogP contribution is 2.36. The number of halogens is 1. The molecule has 108 valence electrons. The summed E-state index contributed by atoms with van der Waals surface area (Å²) in [6, 6.07) is 2.97. The van der Waals surface area contributed by atoms with Gasteiger partial charge in [0.15, 0.2) is 0 Å². The van der Waals surface area contributed by atoms with Crippen LogP contribution in [0.25, 0.3) is 0 Å². The second kappa shape index (κ2) is 5.56. The molecule has 1 aliphatic carbocycles. The fraction of sp³-hybridized carbons (Fsp3) is 0.500. The largest absolute Gasteiger partial charge is 0.351 e. The zero-order valence-electron chi connectivity index (χ0n) is 11.3. The number of nitro groups is 1. The van der Waals surface area contributed by atoms with Gasteiger partial charge in [0.2, 0.25) is 0 Å². The van der Waals surface area contributed by atoms with Gasteiger partial charge < -0.3 is 5.32 Å². The summed E-state index contributed by atoms with van der Waals surface area (Å²) >= 11 is 0. The summed E-state index contributed by atoms with van der Waals surface area (Å²) in [5.41, 5.74) is -0.517. The van der Waals surface area contributed by atoms with Crippen LogP contribution in [0.3, 0.4) is 0 Å². The molecule has 6 heteroatoms. The van der Waals surface area contributed by atoms with Crippen molar-refractivity contribution in [2.24, 2.45) is 5.41 Å². The topological polar surface area (TPSA) is 72.2 Å². The van der Waals surface area contributed by atoms with Gasteiger partial charge in [-0.05, 0) is 24.3 Å². The van der Waals surface area contributed by atoms with Gasteiger partial charge in [-0.15, -0.1) is 0 Å². The van der Waals surface area contributed by atoms with Crippen molar-refractivity contribution in [1.29, 1.82) is 0 Å². The lowest BCUT2D eigenvalue weighted by atomic mass is 9.89. The minimum Gasteiger partial charge on any atom is -0.351 e. The molecular formula is C14H17FN2O3.